The number of hydrogen-bond donors (Lipinski definition) is 2. The Bertz CT molecular complexity index is 576. The highest BCUT2D eigenvalue weighted by molar-refractivity contribution is 7.89. The number of alkyl halides is 3. The third-order valence-electron chi connectivity index (χ3n) is 3.07. The molecular formula is C11H15F3N2O3S. The third-order valence-corrected chi connectivity index (χ3v) is 4.48. The van der Waals surface area contributed by atoms with Crippen LogP contribution in [0.5, 0.6) is 0 Å². The SMILES string of the molecule is CCNCc1ccc(S(=O)(=O)NC2(C(F)(F)F)CC2)o1. The smallest absolute Gasteiger partial charge is 0.407 e. The van der Waals surface area contributed by atoms with Crippen LogP contribution in [0.4, 0.5) is 13.2 Å². The van der Waals surface area contributed by atoms with Gasteiger partial charge in [0.1, 0.15) is 11.3 Å². The third kappa shape index (κ3) is 2.99. The van der Waals surface area contributed by atoms with E-state index in [2.05, 4.69) is 5.32 Å². The fraction of sp³-hybridized carbons (Fsp3) is 0.636. The summed E-state index contributed by atoms with van der Waals surface area (Å²) in [5.74, 6) is 0.351. The van der Waals surface area contributed by atoms with E-state index in [1.807, 2.05) is 6.92 Å². The van der Waals surface area contributed by atoms with E-state index in [9.17, 15) is 21.6 Å². The van der Waals surface area contributed by atoms with Crippen LogP contribution < -0.4 is 10.0 Å². The maximum atomic E-state index is 12.7. The van der Waals surface area contributed by atoms with Crippen LogP contribution in [0.15, 0.2) is 21.6 Å². The second kappa shape index (κ2) is 5.05. The molecule has 0 aromatic carbocycles. The minimum absolute atomic E-state index is 0.249. The number of rotatable bonds is 6. The molecule has 1 aliphatic rings. The standard InChI is InChI=1S/C11H15F3N2O3S/c1-2-15-7-8-3-4-9(19-8)20(17,18)16-10(5-6-10)11(12,13)14/h3-4,15-16H,2,5-7H2,1H3. The van der Waals surface area contributed by atoms with Gasteiger partial charge in [-0.25, -0.2) is 8.42 Å². The lowest BCUT2D eigenvalue weighted by Crippen LogP contribution is -2.47. The van der Waals surface area contributed by atoms with Crippen molar-refractivity contribution in [3.63, 3.8) is 0 Å². The molecule has 1 aliphatic carbocycles. The Balaban J connectivity index is 2.13. The average Bonchev–Trinajstić information content (AvgIpc) is 2.94. The molecule has 0 unspecified atom stereocenters. The van der Waals surface area contributed by atoms with Crippen LogP contribution in [0.2, 0.25) is 0 Å². The second-order valence-electron chi connectivity index (χ2n) is 4.69. The highest BCUT2D eigenvalue weighted by Gasteiger charge is 2.65. The van der Waals surface area contributed by atoms with Crippen LogP contribution in [0.1, 0.15) is 25.5 Å². The first-order valence-corrected chi connectivity index (χ1v) is 7.59. The Morgan fingerprint density at radius 2 is 2.00 bits per heavy atom. The lowest BCUT2D eigenvalue weighted by molar-refractivity contribution is -0.160. The Kier molecular flexibility index (Phi) is 3.87. The maximum Gasteiger partial charge on any atom is 0.407 e. The summed E-state index contributed by atoms with van der Waals surface area (Å²) in [6.07, 6.45) is -5.10. The summed E-state index contributed by atoms with van der Waals surface area (Å²) in [4.78, 5) is 0. The monoisotopic (exact) mass is 312 g/mol. The summed E-state index contributed by atoms with van der Waals surface area (Å²) in [7, 11) is -4.31. The molecule has 1 aromatic heterocycles. The molecule has 1 saturated carbocycles. The van der Waals surface area contributed by atoms with Gasteiger partial charge in [0.2, 0.25) is 5.09 Å². The van der Waals surface area contributed by atoms with Crippen LogP contribution in [0.3, 0.4) is 0 Å². The first kappa shape index (κ1) is 15.3. The van der Waals surface area contributed by atoms with Crippen molar-refractivity contribution in [2.24, 2.45) is 0 Å². The van der Waals surface area contributed by atoms with E-state index >= 15 is 0 Å². The van der Waals surface area contributed by atoms with Crippen LogP contribution in [0.25, 0.3) is 0 Å². The van der Waals surface area contributed by atoms with Crippen LogP contribution >= 0.6 is 0 Å². The van der Waals surface area contributed by atoms with Gasteiger partial charge in [0.15, 0.2) is 0 Å². The minimum atomic E-state index is -4.60. The van der Waals surface area contributed by atoms with Gasteiger partial charge < -0.3 is 9.73 Å². The molecule has 0 aliphatic heterocycles. The van der Waals surface area contributed by atoms with E-state index in [4.69, 9.17) is 4.42 Å². The first-order chi connectivity index (χ1) is 9.20. The van der Waals surface area contributed by atoms with E-state index in [1.165, 1.54) is 6.07 Å². The fourth-order valence-electron chi connectivity index (χ4n) is 1.72. The molecule has 1 fully saturated rings. The molecule has 5 nitrogen and oxygen atoms in total. The van der Waals surface area contributed by atoms with Gasteiger partial charge >= 0.3 is 6.18 Å². The number of nitrogens with one attached hydrogen (secondary N) is 2. The van der Waals surface area contributed by atoms with Gasteiger partial charge in [0.05, 0.1) is 6.54 Å². The quantitative estimate of drug-likeness (QED) is 0.840. The molecule has 0 radical (unpaired) electrons. The summed E-state index contributed by atoms with van der Waals surface area (Å²) in [5.41, 5.74) is -2.33. The van der Waals surface area contributed by atoms with Crippen molar-refractivity contribution in [3.05, 3.63) is 17.9 Å². The van der Waals surface area contributed by atoms with Gasteiger partial charge in [-0.2, -0.15) is 17.9 Å². The average molecular weight is 312 g/mol. The van der Waals surface area contributed by atoms with Crippen molar-refractivity contribution >= 4 is 10.0 Å². The van der Waals surface area contributed by atoms with Crippen LogP contribution in [-0.4, -0.2) is 26.7 Å². The molecule has 2 rings (SSSR count). The van der Waals surface area contributed by atoms with Crippen molar-refractivity contribution in [1.29, 1.82) is 0 Å². The zero-order valence-corrected chi connectivity index (χ0v) is 11.6. The molecule has 2 N–H and O–H groups in total. The Morgan fingerprint density at radius 1 is 1.35 bits per heavy atom. The lowest BCUT2D eigenvalue weighted by Gasteiger charge is -2.19. The summed E-state index contributed by atoms with van der Waals surface area (Å²) < 4.78 is 68.8. The number of furan rings is 1. The predicted molar refractivity (Wildman–Crippen MR) is 64.4 cm³/mol. The van der Waals surface area contributed by atoms with Crippen molar-refractivity contribution in [2.45, 2.75) is 43.1 Å². The Labute approximate surface area is 114 Å². The number of sulfonamides is 1. The highest BCUT2D eigenvalue weighted by atomic mass is 32.2. The van der Waals surface area contributed by atoms with E-state index in [0.29, 0.717) is 18.8 Å². The van der Waals surface area contributed by atoms with Gasteiger partial charge in [-0.1, -0.05) is 6.92 Å². The first-order valence-electron chi connectivity index (χ1n) is 6.10. The van der Waals surface area contributed by atoms with Crippen molar-refractivity contribution in [3.8, 4) is 0 Å². The van der Waals surface area contributed by atoms with E-state index in [1.54, 1.807) is 4.72 Å². The molecule has 1 aromatic rings. The number of halogens is 3. The van der Waals surface area contributed by atoms with Crippen LogP contribution in [-0.2, 0) is 16.6 Å². The minimum Gasteiger partial charge on any atom is -0.447 e. The summed E-state index contributed by atoms with van der Waals surface area (Å²) >= 11 is 0. The van der Waals surface area contributed by atoms with Gasteiger partial charge in [0.25, 0.3) is 10.0 Å². The molecule has 0 amide bonds. The van der Waals surface area contributed by atoms with Gasteiger partial charge in [-0.05, 0) is 31.5 Å². The predicted octanol–water partition coefficient (Wildman–Crippen LogP) is 1.76. The molecule has 0 saturated heterocycles. The zero-order valence-electron chi connectivity index (χ0n) is 10.8. The van der Waals surface area contributed by atoms with Gasteiger partial charge in [-0.15, -0.1) is 0 Å². The molecule has 20 heavy (non-hydrogen) atoms. The molecule has 0 bridgehead atoms. The van der Waals surface area contributed by atoms with E-state index < -0.39 is 26.8 Å². The lowest BCUT2D eigenvalue weighted by atomic mass is 10.3. The molecule has 0 spiro atoms. The van der Waals surface area contributed by atoms with E-state index in [-0.39, 0.29) is 12.8 Å². The summed E-state index contributed by atoms with van der Waals surface area (Å²) in [6.45, 7) is 2.84. The Hall–Kier alpha value is -1.06. The summed E-state index contributed by atoms with van der Waals surface area (Å²) in [5, 5.41) is 2.43. The molecule has 0 atom stereocenters. The molecule has 1 heterocycles. The maximum absolute atomic E-state index is 12.7. The Morgan fingerprint density at radius 3 is 2.50 bits per heavy atom. The van der Waals surface area contributed by atoms with Crippen molar-refractivity contribution in [2.75, 3.05) is 6.54 Å². The molecule has 9 heteroatoms. The normalized spacial score (nSPS) is 18.2. The van der Waals surface area contributed by atoms with E-state index in [0.717, 1.165) is 6.07 Å². The van der Waals surface area contributed by atoms with Gasteiger partial charge in [-0.3, -0.25) is 0 Å². The van der Waals surface area contributed by atoms with Crippen molar-refractivity contribution in [1.82, 2.24) is 10.0 Å². The number of hydrogen-bond acceptors (Lipinski definition) is 4. The highest BCUT2D eigenvalue weighted by Crippen LogP contribution is 2.49. The largest absolute Gasteiger partial charge is 0.447 e. The van der Waals surface area contributed by atoms with Crippen molar-refractivity contribution < 1.29 is 26.0 Å². The molecule has 114 valence electrons. The topological polar surface area (TPSA) is 71.3 Å². The van der Waals surface area contributed by atoms with Gasteiger partial charge in [0, 0.05) is 0 Å². The molecular weight excluding hydrogens is 297 g/mol. The fourth-order valence-corrected chi connectivity index (χ4v) is 3.12. The second-order valence-corrected chi connectivity index (χ2v) is 6.30. The van der Waals surface area contributed by atoms with Crippen LogP contribution in [0, 0.1) is 0 Å². The zero-order chi connectivity index (χ0) is 15.0. The summed E-state index contributed by atoms with van der Waals surface area (Å²) in [6, 6.07) is 2.58.